The van der Waals surface area contributed by atoms with Crippen molar-refractivity contribution in [3.05, 3.63) is 125 Å². The second-order valence-electron chi connectivity index (χ2n) is 11.6. The fourth-order valence-electron chi connectivity index (χ4n) is 5.20. The Balaban J connectivity index is 0.000000267. The van der Waals surface area contributed by atoms with Crippen LogP contribution in [0.1, 0.15) is 43.6 Å². The Labute approximate surface area is 301 Å². The Hall–Kier alpha value is -3.58. The normalized spacial score (nSPS) is 15.1. The summed E-state index contributed by atoms with van der Waals surface area (Å²) in [7, 11) is -19.4. The lowest BCUT2D eigenvalue weighted by molar-refractivity contribution is -0.245. The molecule has 0 heterocycles. The average Bonchev–Trinajstić information content (AvgIpc) is 3.09. The van der Waals surface area contributed by atoms with E-state index in [1.165, 1.54) is 30.9 Å². The predicted molar refractivity (Wildman–Crippen MR) is 185 cm³/mol. The number of hydrogen-bond donors (Lipinski definition) is 0. The van der Waals surface area contributed by atoms with Gasteiger partial charge in [-0.2, -0.15) is 34.8 Å². The van der Waals surface area contributed by atoms with Gasteiger partial charge in [0.1, 0.15) is 5.75 Å². The van der Waals surface area contributed by atoms with Gasteiger partial charge in [-0.25, -0.2) is 16.8 Å². The Morgan fingerprint density at radius 2 is 1.00 bits per heavy atom. The van der Waals surface area contributed by atoms with Gasteiger partial charge in [0.2, 0.25) is 0 Å². The van der Waals surface area contributed by atoms with Gasteiger partial charge in [-0.15, -0.1) is 0 Å². The molecule has 5 rings (SSSR count). The molecule has 0 unspecified atom stereocenters. The number of halogens is 6. The van der Waals surface area contributed by atoms with Crippen LogP contribution in [0.3, 0.4) is 0 Å². The van der Waals surface area contributed by atoms with Crippen molar-refractivity contribution >= 4 is 41.1 Å². The Morgan fingerprint density at radius 3 is 1.38 bits per heavy atom. The lowest BCUT2D eigenvalue weighted by Crippen LogP contribution is -2.61. The van der Waals surface area contributed by atoms with E-state index >= 15 is 0 Å². The molecule has 1 aliphatic carbocycles. The molecule has 0 spiro atoms. The molecule has 0 aromatic heterocycles. The molecule has 0 aliphatic heterocycles. The third kappa shape index (κ3) is 9.31. The topological polar surface area (TPSA) is 126 Å². The highest BCUT2D eigenvalue weighted by Gasteiger charge is 2.81. The van der Waals surface area contributed by atoms with E-state index < -0.39 is 52.3 Å². The first-order valence-corrected chi connectivity index (χ1v) is 21.4. The average molecular weight is 810 g/mol. The molecule has 0 N–H and O–H groups in total. The van der Waals surface area contributed by atoms with E-state index in [9.17, 15) is 51.6 Å². The van der Waals surface area contributed by atoms with Gasteiger partial charge >= 0.3 is 26.5 Å². The molecule has 0 bridgehead atoms. The molecular weight excluding hydrogens is 777 g/mol. The van der Waals surface area contributed by atoms with Crippen molar-refractivity contribution in [3.63, 3.8) is 0 Å². The maximum absolute atomic E-state index is 14.1. The van der Waals surface area contributed by atoms with Crippen LogP contribution in [0, 0.1) is 0 Å². The zero-order chi connectivity index (χ0) is 38.4. The number of sulfonamides is 2. The van der Waals surface area contributed by atoms with Gasteiger partial charge in [0, 0.05) is 6.26 Å². The second-order valence-corrected chi connectivity index (χ2v) is 18.7. The lowest BCUT2D eigenvalue weighted by atomic mass is 9.84. The number of benzene rings is 4. The van der Waals surface area contributed by atoms with Crippen molar-refractivity contribution in [1.82, 2.24) is 0 Å². The van der Waals surface area contributed by atoms with Gasteiger partial charge in [0.15, 0.2) is 24.7 Å². The third-order valence-corrected chi connectivity index (χ3v) is 14.0. The van der Waals surface area contributed by atoms with Gasteiger partial charge in [-0.1, -0.05) is 86.0 Å². The Bertz CT molecular complexity index is 2010. The van der Waals surface area contributed by atoms with E-state index in [1.807, 2.05) is 0 Å². The molecule has 18 heteroatoms. The van der Waals surface area contributed by atoms with Crippen LogP contribution in [0.5, 0.6) is 5.75 Å². The van der Waals surface area contributed by atoms with Crippen molar-refractivity contribution in [1.29, 1.82) is 0 Å². The highest BCUT2D eigenvalue weighted by atomic mass is 32.3. The minimum atomic E-state index is -7.17. The molecule has 1 aliphatic rings. The summed E-state index contributed by atoms with van der Waals surface area (Å²) in [4.78, 5) is 4.08. The van der Waals surface area contributed by atoms with Crippen LogP contribution in [-0.2, 0) is 41.1 Å². The summed E-state index contributed by atoms with van der Waals surface area (Å²) in [6.07, 6.45) is 4.42. The summed E-state index contributed by atoms with van der Waals surface area (Å²) in [5.41, 5.74) is 0.691. The number of rotatable bonds is 12. The molecule has 0 atom stereocenters. The van der Waals surface area contributed by atoms with E-state index in [4.69, 9.17) is 0 Å². The van der Waals surface area contributed by atoms with E-state index in [2.05, 4.69) is 95.2 Å². The number of alkyl halides is 6. The summed E-state index contributed by atoms with van der Waals surface area (Å²) in [5, 5.41) is -13.8. The van der Waals surface area contributed by atoms with Crippen LogP contribution in [0.25, 0.3) is 4.13 Å². The van der Waals surface area contributed by atoms with Crippen LogP contribution >= 0.6 is 0 Å². The van der Waals surface area contributed by atoms with Crippen molar-refractivity contribution in [3.8, 4) is 5.75 Å². The number of nitrogens with zero attached hydrogens (tertiary/aromatic N) is 1. The first kappa shape index (κ1) is 41.2. The molecule has 0 saturated heterocycles. The summed E-state index contributed by atoms with van der Waals surface area (Å²) in [6.45, 7) is 0. The Morgan fingerprint density at radius 1 is 0.596 bits per heavy atom. The quantitative estimate of drug-likeness (QED) is 0.0797. The number of hydrogen-bond acceptors (Lipinski definition) is 7. The van der Waals surface area contributed by atoms with Crippen LogP contribution in [-0.4, -0.2) is 47.9 Å². The van der Waals surface area contributed by atoms with E-state index in [0.29, 0.717) is 5.56 Å². The first-order chi connectivity index (χ1) is 24.2. The maximum atomic E-state index is 14.1. The van der Waals surface area contributed by atoms with Crippen molar-refractivity contribution in [2.75, 3.05) is 6.26 Å². The van der Waals surface area contributed by atoms with Crippen LogP contribution < -0.4 is 4.18 Å². The smallest absolute Gasteiger partial charge is 0.431 e. The highest BCUT2D eigenvalue weighted by Crippen LogP contribution is 2.52. The van der Waals surface area contributed by atoms with Crippen molar-refractivity contribution in [2.24, 2.45) is 0 Å². The molecular formula is C34H33F6NO7S4. The van der Waals surface area contributed by atoms with Crippen LogP contribution in [0.15, 0.2) is 130 Å². The maximum Gasteiger partial charge on any atom is 0.450 e. The van der Waals surface area contributed by atoms with Crippen molar-refractivity contribution < 1.29 is 55.8 Å². The third-order valence-electron chi connectivity index (χ3n) is 7.70. The lowest BCUT2D eigenvalue weighted by Gasteiger charge is -2.34. The molecule has 1 fully saturated rings. The second kappa shape index (κ2) is 16.2. The fourth-order valence-corrected chi connectivity index (χ4v) is 10.5. The molecule has 8 nitrogen and oxygen atoms in total. The standard InChI is InChI=1S/C18H15S.C16H18F6NO7S3/c1-4-10-16(11-5-1)19(17-12-6-2-7-13-17)18-14-8-3-9-15-18;1-31(24,25)23-32(26,27)15(19,20)14(17,18)16(21,22)33(28,29)30-13-9-7-12(8-10-13)11-5-3-2-4-6-11/h1-15H;7-11H,2-6H2,1H3/q+1;-1. The van der Waals surface area contributed by atoms with Crippen molar-refractivity contribution in [2.45, 2.75) is 69.1 Å². The first-order valence-electron chi connectivity index (χ1n) is 15.5. The molecule has 0 radical (unpaired) electrons. The molecule has 52 heavy (non-hydrogen) atoms. The van der Waals surface area contributed by atoms with Gasteiger partial charge in [-0.05, 0) is 72.9 Å². The zero-order valence-corrected chi connectivity index (χ0v) is 30.6. The van der Waals surface area contributed by atoms with Gasteiger partial charge in [-0.3, -0.25) is 0 Å². The molecule has 0 amide bonds. The molecule has 282 valence electrons. The van der Waals surface area contributed by atoms with Crippen LogP contribution in [0.2, 0.25) is 0 Å². The minimum Gasteiger partial charge on any atom is -0.431 e. The summed E-state index contributed by atoms with van der Waals surface area (Å²) < 4.78 is 157. The zero-order valence-electron chi connectivity index (χ0n) is 27.3. The summed E-state index contributed by atoms with van der Waals surface area (Å²) in [6, 6.07) is 36.4. The van der Waals surface area contributed by atoms with Gasteiger partial charge < -0.3 is 8.31 Å². The highest BCUT2D eigenvalue weighted by molar-refractivity contribution is 8.12. The van der Waals surface area contributed by atoms with E-state index in [-0.39, 0.29) is 23.1 Å². The van der Waals surface area contributed by atoms with E-state index in [0.717, 1.165) is 44.2 Å². The Kier molecular flexibility index (Phi) is 12.8. The minimum absolute atomic E-state index is 0.0146. The summed E-state index contributed by atoms with van der Waals surface area (Å²) >= 11 is 0. The van der Waals surface area contributed by atoms with E-state index in [1.54, 1.807) is 0 Å². The largest absolute Gasteiger partial charge is 0.450 e. The van der Waals surface area contributed by atoms with Crippen LogP contribution in [0.4, 0.5) is 26.3 Å². The SMILES string of the molecule is CS(=O)(=O)[N-]S(=O)(=O)C(F)(F)C(F)(F)C(F)(F)S(=O)(=O)Oc1ccc(C2CCCCC2)cc1.c1ccc([S+](c2ccccc2)c2ccccc2)cc1. The fraction of sp³-hybridized carbons (Fsp3) is 0.294. The van der Waals surface area contributed by atoms with Gasteiger partial charge in [0.05, 0.1) is 20.9 Å². The molecule has 1 saturated carbocycles. The van der Waals surface area contributed by atoms with Gasteiger partial charge in [0.25, 0.3) is 0 Å². The summed E-state index contributed by atoms with van der Waals surface area (Å²) in [5.74, 6) is -8.00. The predicted octanol–water partition coefficient (Wildman–Crippen LogP) is 8.71. The molecule has 4 aromatic carbocycles. The monoisotopic (exact) mass is 809 g/mol. The molecule has 4 aromatic rings.